The van der Waals surface area contributed by atoms with E-state index in [4.69, 9.17) is 0 Å². The molecule has 0 bridgehead atoms. The van der Waals surface area contributed by atoms with Crippen LogP contribution in [0.1, 0.15) is 20.1 Å². The van der Waals surface area contributed by atoms with Crippen LogP contribution in [0.4, 0.5) is 0 Å². The Hall–Kier alpha value is -1.20. The molecule has 1 aromatic heterocycles. The average molecular weight is 252 g/mol. The number of amides is 1. The van der Waals surface area contributed by atoms with Gasteiger partial charge in [-0.2, -0.15) is 0 Å². The predicted octanol–water partition coefficient (Wildman–Crippen LogP) is 0.979. The summed E-state index contributed by atoms with van der Waals surface area (Å²) in [7, 11) is 0. The van der Waals surface area contributed by atoms with Gasteiger partial charge in [0, 0.05) is 41.5 Å². The molecule has 1 aliphatic heterocycles. The van der Waals surface area contributed by atoms with E-state index in [9.17, 15) is 9.59 Å². The number of thiophene rings is 1. The summed E-state index contributed by atoms with van der Waals surface area (Å²) in [6, 6.07) is 1.81. The number of nitrogens with one attached hydrogen (secondary N) is 1. The van der Waals surface area contributed by atoms with Crippen molar-refractivity contribution in [3.8, 4) is 0 Å². The molecule has 1 N–H and O–H groups in total. The van der Waals surface area contributed by atoms with E-state index in [2.05, 4.69) is 5.32 Å². The second-order valence-electron chi connectivity index (χ2n) is 4.20. The van der Waals surface area contributed by atoms with E-state index >= 15 is 0 Å². The van der Waals surface area contributed by atoms with E-state index in [0.29, 0.717) is 18.7 Å². The van der Waals surface area contributed by atoms with Gasteiger partial charge in [-0.3, -0.25) is 9.59 Å². The third-order valence-corrected chi connectivity index (χ3v) is 3.85. The number of nitrogens with zero attached hydrogens (tertiary/aromatic N) is 1. The number of hydrogen-bond acceptors (Lipinski definition) is 4. The van der Waals surface area contributed by atoms with Crippen LogP contribution in [-0.4, -0.2) is 42.8 Å². The summed E-state index contributed by atoms with van der Waals surface area (Å²) in [6.07, 6.45) is 0. The molecule has 2 rings (SSSR count). The molecule has 4 nitrogen and oxygen atoms in total. The molecule has 0 unspecified atom stereocenters. The van der Waals surface area contributed by atoms with Crippen LogP contribution in [0.5, 0.6) is 0 Å². The van der Waals surface area contributed by atoms with Gasteiger partial charge in [-0.25, -0.2) is 0 Å². The highest BCUT2D eigenvalue weighted by molar-refractivity contribution is 7.12. The number of piperazine rings is 1. The molecule has 0 spiro atoms. The highest BCUT2D eigenvalue weighted by atomic mass is 32.1. The van der Waals surface area contributed by atoms with E-state index in [0.717, 1.165) is 22.8 Å². The second kappa shape index (κ2) is 4.98. The Balaban J connectivity index is 2.14. The van der Waals surface area contributed by atoms with Gasteiger partial charge in [0.15, 0.2) is 0 Å². The van der Waals surface area contributed by atoms with Crippen LogP contribution in [0, 0.1) is 13.8 Å². The Morgan fingerprint density at radius 2 is 1.94 bits per heavy atom. The maximum atomic E-state index is 12.1. The molecule has 2 heterocycles. The maximum absolute atomic E-state index is 12.1. The van der Waals surface area contributed by atoms with E-state index in [1.165, 1.54) is 0 Å². The molecule has 1 aromatic rings. The first-order valence-electron chi connectivity index (χ1n) is 5.71. The van der Waals surface area contributed by atoms with Crippen LogP contribution in [0.3, 0.4) is 0 Å². The molecule has 5 heteroatoms. The molecule has 1 saturated heterocycles. The lowest BCUT2D eigenvalue weighted by molar-refractivity contribution is -0.126. The molecule has 0 atom stereocenters. The van der Waals surface area contributed by atoms with Crippen molar-refractivity contribution in [2.24, 2.45) is 0 Å². The van der Waals surface area contributed by atoms with E-state index < -0.39 is 0 Å². The van der Waals surface area contributed by atoms with E-state index in [1.807, 2.05) is 19.9 Å². The first kappa shape index (κ1) is 12.3. The van der Waals surface area contributed by atoms with Crippen LogP contribution < -0.4 is 5.32 Å². The molecule has 0 saturated carbocycles. The smallest absolute Gasteiger partial charge is 0.295 e. The number of ketones is 1. The summed E-state index contributed by atoms with van der Waals surface area (Å²) in [4.78, 5) is 27.7. The number of hydrogen-bond donors (Lipinski definition) is 1. The summed E-state index contributed by atoms with van der Waals surface area (Å²) in [5.41, 5.74) is 0.566. The van der Waals surface area contributed by atoms with Gasteiger partial charge in [-0.05, 0) is 19.9 Å². The normalized spacial score (nSPS) is 16.0. The van der Waals surface area contributed by atoms with Crippen molar-refractivity contribution in [1.29, 1.82) is 0 Å². The molecule has 1 amide bonds. The van der Waals surface area contributed by atoms with Crippen molar-refractivity contribution in [2.45, 2.75) is 13.8 Å². The van der Waals surface area contributed by atoms with Gasteiger partial charge in [0.25, 0.3) is 11.7 Å². The molecular formula is C12H16N2O2S. The van der Waals surface area contributed by atoms with Gasteiger partial charge in [0.05, 0.1) is 0 Å². The minimum atomic E-state index is -0.368. The first-order chi connectivity index (χ1) is 8.09. The van der Waals surface area contributed by atoms with Gasteiger partial charge >= 0.3 is 0 Å². The van der Waals surface area contributed by atoms with Crippen molar-refractivity contribution in [3.05, 3.63) is 21.4 Å². The summed E-state index contributed by atoms with van der Waals surface area (Å²) >= 11 is 1.56. The maximum Gasteiger partial charge on any atom is 0.295 e. The van der Waals surface area contributed by atoms with Crippen molar-refractivity contribution < 1.29 is 9.59 Å². The monoisotopic (exact) mass is 252 g/mol. The zero-order valence-corrected chi connectivity index (χ0v) is 10.9. The number of rotatable bonds is 2. The van der Waals surface area contributed by atoms with Gasteiger partial charge in [0.1, 0.15) is 0 Å². The van der Waals surface area contributed by atoms with E-state index in [1.54, 1.807) is 16.2 Å². The zero-order valence-electron chi connectivity index (χ0n) is 10.1. The molecule has 0 aromatic carbocycles. The predicted molar refractivity (Wildman–Crippen MR) is 67.6 cm³/mol. The quantitative estimate of drug-likeness (QED) is 0.630. The number of aryl methyl sites for hydroxylation is 2. The van der Waals surface area contributed by atoms with Crippen LogP contribution in [-0.2, 0) is 4.79 Å². The minimum absolute atomic E-state index is 0.367. The molecule has 92 valence electrons. The largest absolute Gasteiger partial charge is 0.333 e. The van der Waals surface area contributed by atoms with E-state index in [-0.39, 0.29) is 11.7 Å². The van der Waals surface area contributed by atoms with Crippen molar-refractivity contribution in [2.75, 3.05) is 26.2 Å². The third-order valence-electron chi connectivity index (χ3n) is 2.88. The molecular weight excluding hydrogens is 236 g/mol. The van der Waals surface area contributed by atoms with Crippen LogP contribution in [0.25, 0.3) is 0 Å². The first-order valence-corrected chi connectivity index (χ1v) is 6.52. The summed E-state index contributed by atoms with van der Waals surface area (Å²) < 4.78 is 0. The fourth-order valence-electron chi connectivity index (χ4n) is 1.98. The number of carbonyl (C=O) groups excluding carboxylic acids is 2. The highest BCUT2D eigenvalue weighted by Crippen LogP contribution is 2.21. The second-order valence-corrected chi connectivity index (χ2v) is 5.66. The molecule has 17 heavy (non-hydrogen) atoms. The van der Waals surface area contributed by atoms with Gasteiger partial charge in [0.2, 0.25) is 0 Å². The standard InChI is InChI=1S/C12H16N2O2S/c1-8-7-10(9(2)17-8)11(15)12(16)14-5-3-13-4-6-14/h7,13H,3-6H2,1-2H3. The van der Waals surface area contributed by atoms with Gasteiger partial charge in [-0.15, -0.1) is 11.3 Å². The SMILES string of the molecule is Cc1cc(C(=O)C(=O)N2CCNCC2)c(C)s1. The lowest BCUT2D eigenvalue weighted by atomic mass is 10.1. The van der Waals surface area contributed by atoms with Gasteiger partial charge < -0.3 is 10.2 Å². The Labute approximate surface area is 105 Å². The lowest BCUT2D eigenvalue weighted by Crippen LogP contribution is -2.48. The third kappa shape index (κ3) is 2.56. The molecule has 1 aliphatic rings. The Bertz CT molecular complexity index is 447. The average Bonchev–Trinajstić information content (AvgIpc) is 2.68. The van der Waals surface area contributed by atoms with Crippen molar-refractivity contribution in [3.63, 3.8) is 0 Å². The highest BCUT2D eigenvalue weighted by Gasteiger charge is 2.26. The zero-order chi connectivity index (χ0) is 12.4. The summed E-state index contributed by atoms with van der Waals surface area (Å²) in [5, 5.41) is 3.16. The number of carbonyl (C=O) groups is 2. The van der Waals surface area contributed by atoms with Crippen LogP contribution in [0.15, 0.2) is 6.07 Å². The van der Waals surface area contributed by atoms with Crippen LogP contribution in [0.2, 0.25) is 0 Å². The Morgan fingerprint density at radius 3 is 2.47 bits per heavy atom. The fourth-order valence-corrected chi connectivity index (χ4v) is 2.90. The van der Waals surface area contributed by atoms with Crippen molar-refractivity contribution in [1.82, 2.24) is 10.2 Å². The molecule has 1 fully saturated rings. The van der Waals surface area contributed by atoms with Crippen LogP contribution >= 0.6 is 11.3 Å². The van der Waals surface area contributed by atoms with Gasteiger partial charge in [-0.1, -0.05) is 0 Å². The fraction of sp³-hybridized carbons (Fsp3) is 0.500. The number of Topliss-reactive ketones (excluding diaryl/α,β-unsaturated/α-hetero) is 1. The molecule has 0 radical (unpaired) electrons. The molecule has 0 aliphatic carbocycles. The Kier molecular flexibility index (Phi) is 3.59. The Morgan fingerprint density at radius 1 is 1.29 bits per heavy atom. The lowest BCUT2D eigenvalue weighted by Gasteiger charge is -2.26. The topological polar surface area (TPSA) is 49.4 Å². The summed E-state index contributed by atoms with van der Waals surface area (Å²) in [6.45, 7) is 6.60. The minimum Gasteiger partial charge on any atom is -0.333 e. The van der Waals surface area contributed by atoms with Crippen molar-refractivity contribution >= 4 is 23.0 Å². The summed E-state index contributed by atoms with van der Waals surface area (Å²) in [5.74, 6) is -0.735.